The van der Waals surface area contributed by atoms with E-state index in [9.17, 15) is 4.79 Å². The van der Waals surface area contributed by atoms with Gasteiger partial charge in [-0.25, -0.2) is 0 Å². The van der Waals surface area contributed by atoms with Crippen LogP contribution in [-0.4, -0.2) is 43.1 Å². The van der Waals surface area contributed by atoms with Gasteiger partial charge in [0.15, 0.2) is 28.1 Å². The lowest BCUT2D eigenvalue weighted by molar-refractivity contribution is 0.174. The molecule has 1 aliphatic heterocycles. The van der Waals surface area contributed by atoms with Crippen LogP contribution in [0.2, 0.25) is 0 Å². The Morgan fingerprint density at radius 3 is 2.45 bits per heavy atom. The number of hydrogen-bond acceptors (Lipinski definition) is 7. The first-order valence-electron chi connectivity index (χ1n) is 11.8. The second kappa shape index (κ2) is 10.9. The van der Waals surface area contributed by atoms with Gasteiger partial charge in [0.25, 0.3) is 5.56 Å². The van der Waals surface area contributed by atoms with Gasteiger partial charge < -0.3 is 38.9 Å². The van der Waals surface area contributed by atoms with Gasteiger partial charge in [-0.15, -0.1) is 0 Å². The molecule has 9 nitrogen and oxygen atoms in total. The fraction of sp³-hybridized carbons (Fsp3) is 0.214. The lowest BCUT2D eigenvalue weighted by atomic mass is 10.1. The molecule has 0 amide bonds. The number of aromatic amines is 1. The molecule has 0 saturated heterocycles. The number of pyridine rings is 1. The van der Waals surface area contributed by atoms with Crippen molar-refractivity contribution in [3.8, 4) is 28.7 Å². The van der Waals surface area contributed by atoms with Crippen LogP contribution in [0.1, 0.15) is 11.1 Å². The molecule has 0 spiro atoms. The van der Waals surface area contributed by atoms with Gasteiger partial charge in [-0.1, -0.05) is 18.2 Å². The van der Waals surface area contributed by atoms with Gasteiger partial charge in [0.1, 0.15) is 5.75 Å². The Balaban J connectivity index is 1.49. The van der Waals surface area contributed by atoms with Gasteiger partial charge in [0.05, 0.1) is 39.1 Å². The summed E-state index contributed by atoms with van der Waals surface area (Å²) in [6.45, 7) is 0.854. The molecule has 2 N–H and O–H groups in total. The highest BCUT2D eigenvalue weighted by Gasteiger charge is 2.19. The molecule has 0 atom stereocenters. The van der Waals surface area contributed by atoms with Gasteiger partial charge >= 0.3 is 0 Å². The van der Waals surface area contributed by atoms with Crippen molar-refractivity contribution in [2.75, 3.05) is 33.4 Å². The third-order valence-corrected chi connectivity index (χ3v) is 6.59. The minimum Gasteiger partial charge on any atom is -0.495 e. The quantitative estimate of drug-likeness (QED) is 0.313. The molecule has 38 heavy (non-hydrogen) atoms. The molecule has 0 saturated carbocycles. The molecule has 1 aromatic heterocycles. The Kier molecular flexibility index (Phi) is 7.23. The van der Waals surface area contributed by atoms with E-state index in [0.29, 0.717) is 51.5 Å². The highest BCUT2D eigenvalue weighted by Crippen LogP contribution is 2.34. The number of anilines is 1. The van der Waals surface area contributed by atoms with E-state index in [1.165, 1.54) is 0 Å². The molecule has 0 aliphatic carbocycles. The first-order chi connectivity index (χ1) is 18.5. The molecule has 4 aromatic rings. The van der Waals surface area contributed by atoms with E-state index in [1.807, 2.05) is 59.5 Å². The fourth-order valence-electron chi connectivity index (χ4n) is 4.30. The Bertz CT molecular complexity index is 1550. The normalized spacial score (nSPS) is 11.8. The Morgan fingerprint density at radius 1 is 0.921 bits per heavy atom. The molecule has 2 heterocycles. The summed E-state index contributed by atoms with van der Waals surface area (Å²) in [7, 11) is 4.73. The molecule has 5 rings (SSSR count). The van der Waals surface area contributed by atoms with Crippen molar-refractivity contribution in [1.29, 1.82) is 0 Å². The average Bonchev–Trinajstić information content (AvgIpc) is 3.40. The maximum absolute atomic E-state index is 13.1. The first kappa shape index (κ1) is 25.2. The molecule has 196 valence electrons. The van der Waals surface area contributed by atoms with Crippen molar-refractivity contribution in [1.82, 2.24) is 9.88 Å². The molecular weight excluding hydrogens is 506 g/mol. The number of nitrogens with zero attached hydrogens (tertiary/aromatic N) is 1. The minimum atomic E-state index is -0.222. The summed E-state index contributed by atoms with van der Waals surface area (Å²) in [4.78, 5) is 18.0. The lowest BCUT2D eigenvalue weighted by Crippen LogP contribution is -2.35. The molecule has 10 heteroatoms. The Labute approximate surface area is 224 Å². The van der Waals surface area contributed by atoms with Crippen molar-refractivity contribution >= 4 is 33.9 Å². The minimum absolute atomic E-state index is 0.191. The third kappa shape index (κ3) is 5.16. The summed E-state index contributed by atoms with van der Waals surface area (Å²) in [5.41, 5.74) is 2.63. The van der Waals surface area contributed by atoms with E-state index >= 15 is 0 Å². The highest BCUT2D eigenvalue weighted by atomic mass is 32.1. The number of para-hydroxylation sites is 2. The van der Waals surface area contributed by atoms with Crippen molar-refractivity contribution in [2.24, 2.45) is 0 Å². The van der Waals surface area contributed by atoms with Gasteiger partial charge in [-0.2, -0.15) is 0 Å². The van der Waals surface area contributed by atoms with E-state index < -0.39 is 0 Å². The third-order valence-electron chi connectivity index (χ3n) is 6.23. The van der Waals surface area contributed by atoms with Crippen LogP contribution in [0.4, 0.5) is 5.69 Å². The van der Waals surface area contributed by atoms with Crippen LogP contribution in [0.5, 0.6) is 28.7 Å². The number of ether oxygens (including phenoxy) is 5. The smallest absolute Gasteiger partial charge is 0.253 e. The zero-order valence-corrected chi connectivity index (χ0v) is 22.0. The van der Waals surface area contributed by atoms with Crippen molar-refractivity contribution in [2.45, 2.75) is 13.1 Å². The predicted octanol–water partition coefficient (Wildman–Crippen LogP) is 4.68. The summed E-state index contributed by atoms with van der Waals surface area (Å²) in [5, 5.41) is 4.51. The van der Waals surface area contributed by atoms with Crippen LogP contribution >= 0.6 is 12.2 Å². The monoisotopic (exact) mass is 533 g/mol. The van der Waals surface area contributed by atoms with Crippen LogP contribution in [-0.2, 0) is 13.1 Å². The van der Waals surface area contributed by atoms with Gasteiger partial charge in [-0.3, -0.25) is 4.79 Å². The zero-order chi connectivity index (χ0) is 26.6. The highest BCUT2D eigenvalue weighted by molar-refractivity contribution is 7.80. The molecule has 3 aromatic carbocycles. The molecule has 1 aliphatic rings. The SMILES string of the molecule is COc1ccccc1NC(=S)N(Cc1ccc2c(c1)OCO2)Cc1cc2cc(OC)c(OC)cc2[nH]c1=O. The topological polar surface area (TPSA) is 94.3 Å². The number of benzene rings is 3. The number of methoxy groups -OCH3 is 3. The number of fused-ring (bicyclic) bond motifs is 2. The summed E-state index contributed by atoms with van der Waals surface area (Å²) in [6, 6.07) is 18.7. The molecule has 0 bridgehead atoms. The maximum atomic E-state index is 13.1. The van der Waals surface area contributed by atoms with Crippen molar-refractivity contribution in [3.63, 3.8) is 0 Å². The van der Waals surface area contributed by atoms with E-state index in [-0.39, 0.29) is 18.9 Å². The zero-order valence-electron chi connectivity index (χ0n) is 21.2. The van der Waals surface area contributed by atoms with Crippen LogP contribution in [0, 0.1) is 0 Å². The average molecular weight is 534 g/mol. The summed E-state index contributed by atoms with van der Waals surface area (Å²) < 4.78 is 27.3. The first-order valence-corrected chi connectivity index (χ1v) is 12.2. The van der Waals surface area contributed by atoms with Crippen LogP contribution in [0.25, 0.3) is 10.9 Å². The Hall–Kier alpha value is -4.44. The lowest BCUT2D eigenvalue weighted by Gasteiger charge is -2.26. The van der Waals surface area contributed by atoms with Crippen LogP contribution in [0.15, 0.2) is 65.5 Å². The van der Waals surface area contributed by atoms with Crippen LogP contribution in [0.3, 0.4) is 0 Å². The number of nitrogens with one attached hydrogen (secondary N) is 2. The number of rotatable bonds is 8. The Morgan fingerprint density at radius 2 is 1.66 bits per heavy atom. The molecule has 0 radical (unpaired) electrons. The second-order valence-electron chi connectivity index (χ2n) is 8.59. The number of H-pyrrole nitrogens is 1. The number of thiocarbonyl (C=S) groups is 1. The summed E-state index contributed by atoms with van der Waals surface area (Å²) in [6.07, 6.45) is 0. The van der Waals surface area contributed by atoms with E-state index in [0.717, 1.165) is 16.6 Å². The number of hydrogen-bond donors (Lipinski definition) is 2. The van der Waals surface area contributed by atoms with Crippen LogP contribution < -0.4 is 34.6 Å². The fourth-order valence-corrected chi connectivity index (χ4v) is 4.54. The summed E-state index contributed by atoms with van der Waals surface area (Å²) >= 11 is 5.83. The largest absolute Gasteiger partial charge is 0.495 e. The van der Waals surface area contributed by atoms with E-state index in [2.05, 4.69) is 10.3 Å². The van der Waals surface area contributed by atoms with Crippen molar-refractivity contribution in [3.05, 3.63) is 82.1 Å². The molecule has 0 fully saturated rings. The second-order valence-corrected chi connectivity index (χ2v) is 8.98. The number of aromatic nitrogens is 1. The predicted molar refractivity (Wildman–Crippen MR) is 149 cm³/mol. The van der Waals surface area contributed by atoms with Gasteiger partial charge in [0.2, 0.25) is 6.79 Å². The standard InChI is InChI=1S/C28H27N3O6S/c1-33-22-7-5-4-6-20(22)30-28(38)31(14-17-8-9-23-26(10-17)37-16-36-23)15-19-11-18-12-24(34-2)25(35-3)13-21(18)29-27(19)32/h4-13H,14-16H2,1-3H3,(H,29,32)(H,30,38). The van der Waals surface area contributed by atoms with Crippen molar-refractivity contribution < 1.29 is 23.7 Å². The molecular formula is C28H27N3O6S. The molecule has 0 unspecified atom stereocenters. The summed E-state index contributed by atoms with van der Waals surface area (Å²) in [5.74, 6) is 3.14. The van der Waals surface area contributed by atoms with Gasteiger partial charge in [0, 0.05) is 23.6 Å². The van der Waals surface area contributed by atoms with E-state index in [1.54, 1.807) is 27.4 Å². The maximum Gasteiger partial charge on any atom is 0.253 e. The van der Waals surface area contributed by atoms with E-state index in [4.69, 9.17) is 35.9 Å². The van der Waals surface area contributed by atoms with Gasteiger partial charge in [-0.05, 0) is 54.2 Å².